The van der Waals surface area contributed by atoms with Crippen molar-refractivity contribution in [2.45, 2.75) is 26.2 Å². The number of aryl methyl sites for hydroxylation is 1. The van der Waals surface area contributed by atoms with E-state index in [1.54, 1.807) is 0 Å². The lowest BCUT2D eigenvalue weighted by Crippen LogP contribution is -2.00. The van der Waals surface area contributed by atoms with Gasteiger partial charge in [-0.2, -0.15) is 0 Å². The molecule has 0 aliphatic heterocycles. The average Bonchev–Trinajstić information content (AvgIpc) is 2.67. The van der Waals surface area contributed by atoms with Crippen LogP contribution in [0.5, 0.6) is 0 Å². The number of nitrogens with zero attached hydrogens (tertiary/aromatic N) is 1. The van der Waals surface area contributed by atoms with Gasteiger partial charge in [0.1, 0.15) is 6.29 Å². The molecule has 78 valence electrons. The molecule has 0 aromatic carbocycles. The Bertz CT molecular complexity index is 409. The minimum atomic E-state index is 0.159. The Hall–Kier alpha value is -1.44. The van der Waals surface area contributed by atoms with Gasteiger partial charge in [-0.1, -0.05) is 6.08 Å². The molecule has 0 saturated heterocycles. The standard InChI is InChI=1S/C13H15NO/c1-3-4-11-7-14-9(2)12-5-10(8-15)6-13(11)12/h3,7-8,10H,1,4-6H2,2H3. The van der Waals surface area contributed by atoms with Crippen LogP contribution in [0.25, 0.3) is 0 Å². The topological polar surface area (TPSA) is 30.0 Å². The zero-order chi connectivity index (χ0) is 10.8. The van der Waals surface area contributed by atoms with E-state index >= 15 is 0 Å². The van der Waals surface area contributed by atoms with Crippen LogP contribution in [-0.2, 0) is 24.1 Å². The van der Waals surface area contributed by atoms with Crippen LogP contribution in [0.1, 0.15) is 22.4 Å². The summed E-state index contributed by atoms with van der Waals surface area (Å²) in [7, 11) is 0. The van der Waals surface area contributed by atoms with E-state index in [9.17, 15) is 4.79 Å². The van der Waals surface area contributed by atoms with Gasteiger partial charge in [-0.3, -0.25) is 4.98 Å². The van der Waals surface area contributed by atoms with E-state index in [0.29, 0.717) is 0 Å². The van der Waals surface area contributed by atoms with Crippen molar-refractivity contribution in [3.63, 3.8) is 0 Å². The number of pyridine rings is 1. The zero-order valence-electron chi connectivity index (χ0n) is 8.99. The number of aldehydes is 1. The van der Waals surface area contributed by atoms with Gasteiger partial charge in [0.15, 0.2) is 0 Å². The van der Waals surface area contributed by atoms with Crippen molar-refractivity contribution < 1.29 is 4.79 Å². The number of allylic oxidation sites excluding steroid dienone is 1. The number of hydrogen-bond donors (Lipinski definition) is 0. The largest absolute Gasteiger partial charge is 0.303 e. The molecule has 1 aromatic rings. The first-order chi connectivity index (χ1) is 7.26. The zero-order valence-corrected chi connectivity index (χ0v) is 8.99. The number of fused-ring (bicyclic) bond motifs is 1. The molecule has 15 heavy (non-hydrogen) atoms. The van der Waals surface area contributed by atoms with Crippen LogP contribution < -0.4 is 0 Å². The Morgan fingerprint density at radius 1 is 1.53 bits per heavy atom. The van der Waals surface area contributed by atoms with Crippen LogP contribution in [0.4, 0.5) is 0 Å². The normalized spacial score (nSPS) is 18.6. The molecule has 1 aliphatic rings. The van der Waals surface area contributed by atoms with Crippen LogP contribution in [-0.4, -0.2) is 11.3 Å². The summed E-state index contributed by atoms with van der Waals surface area (Å²) in [6, 6.07) is 0. The van der Waals surface area contributed by atoms with Gasteiger partial charge in [-0.15, -0.1) is 6.58 Å². The van der Waals surface area contributed by atoms with Gasteiger partial charge in [0.05, 0.1) is 0 Å². The maximum Gasteiger partial charge on any atom is 0.123 e. The fraction of sp³-hybridized carbons (Fsp3) is 0.385. The average molecular weight is 201 g/mol. The van der Waals surface area contributed by atoms with Crippen molar-refractivity contribution in [3.8, 4) is 0 Å². The van der Waals surface area contributed by atoms with Crippen LogP contribution in [0.3, 0.4) is 0 Å². The Morgan fingerprint density at radius 2 is 2.27 bits per heavy atom. The number of carbonyl (C=O) groups excluding carboxylic acids is 1. The summed E-state index contributed by atoms with van der Waals surface area (Å²) in [5, 5.41) is 0. The second-order valence-corrected chi connectivity index (χ2v) is 4.12. The van der Waals surface area contributed by atoms with Crippen molar-refractivity contribution in [2.75, 3.05) is 0 Å². The van der Waals surface area contributed by atoms with E-state index < -0.39 is 0 Å². The van der Waals surface area contributed by atoms with E-state index in [2.05, 4.69) is 11.6 Å². The maximum absolute atomic E-state index is 10.8. The molecule has 1 unspecified atom stereocenters. The SMILES string of the molecule is C=CCc1cnc(C)c2c1CC(C=O)C2. The maximum atomic E-state index is 10.8. The summed E-state index contributed by atoms with van der Waals surface area (Å²) in [5.41, 5.74) is 4.92. The van der Waals surface area contributed by atoms with Crippen molar-refractivity contribution in [3.05, 3.63) is 41.2 Å². The first kappa shape index (κ1) is 10.1. The van der Waals surface area contributed by atoms with Gasteiger partial charge in [-0.25, -0.2) is 0 Å². The number of aromatic nitrogens is 1. The van der Waals surface area contributed by atoms with Crippen LogP contribution >= 0.6 is 0 Å². The van der Waals surface area contributed by atoms with Crippen LogP contribution in [0, 0.1) is 12.8 Å². The first-order valence-electron chi connectivity index (χ1n) is 5.28. The molecule has 2 nitrogen and oxygen atoms in total. The Morgan fingerprint density at radius 3 is 2.93 bits per heavy atom. The monoisotopic (exact) mass is 201 g/mol. The number of rotatable bonds is 3. The molecule has 1 heterocycles. The molecule has 0 fully saturated rings. The molecule has 0 saturated carbocycles. The third kappa shape index (κ3) is 1.72. The summed E-state index contributed by atoms with van der Waals surface area (Å²) < 4.78 is 0. The highest BCUT2D eigenvalue weighted by molar-refractivity contribution is 5.59. The second kappa shape index (κ2) is 3.97. The summed E-state index contributed by atoms with van der Waals surface area (Å²) in [4.78, 5) is 15.2. The molecule has 0 bridgehead atoms. The highest BCUT2D eigenvalue weighted by Crippen LogP contribution is 2.30. The Kier molecular flexibility index (Phi) is 2.67. The third-order valence-corrected chi connectivity index (χ3v) is 3.09. The lowest BCUT2D eigenvalue weighted by molar-refractivity contribution is -0.110. The predicted molar refractivity (Wildman–Crippen MR) is 59.8 cm³/mol. The van der Waals surface area contributed by atoms with Gasteiger partial charge < -0.3 is 4.79 Å². The Labute approximate surface area is 90.0 Å². The molecule has 1 aliphatic carbocycles. The number of hydrogen-bond acceptors (Lipinski definition) is 2. The lowest BCUT2D eigenvalue weighted by atomic mass is 10.0. The van der Waals surface area contributed by atoms with Crippen molar-refractivity contribution in [1.82, 2.24) is 4.98 Å². The molecular weight excluding hydrogens is 186 g/mol. The minimum absolute atomic E-state index is 0.159. The lowest BCUT2D eigenvalue weighted by Gasteiger charge is -2.07. The van der Waals surface area contributed by atoms with Crippen molar-refractivity contribution >= 4 is 6.29 Å². The van der Waals surface area contributed by atoms with Gasteiger partial charge in [0.2, 0.25) is 0 Å². The predicted octanol–water partition coefficient (Wildman–Crippen LogP) is 2.03. The minimum Gasteiger partial charge on any atom is -0.303 e. The molecule has 1 atom stereocenters. The summed E-state index contributed by atoms with van der Waals surface area (Å²) in [5.74, 6) is 0.159. The van der Waals surface area contributed by atoms with Crippen molar-refractivity contribution in [2.24, 2.45) is 5.92 Å². The van der Waals surface area contributed by atoms with E-state index in [1.165, 1.54) is 16.7 Å². The number of carbonyl (C=O) groups is 1. The summed E-state index contributed by atoms with van der Waals surface area (Å²) in [6.45, 7) is 5.76. The van der Waals surface area contributed by atoms with Gasteiger partial charge in [0, 0.05) is 17.8 Å². The quantitative estimate of drug-likeness (QED) is 0.553. The highest BCUT2D eigenvalue weighted by atomic mass is 16.1. The molecule has 0 N–H and O–H groups in total. The fourth-order valence-electron chi connectivity index (χ4n) is 2.29. The first-order valence-corrected chi connectivity index (χ1v) is 5.28. The van der Waals surface area contributed by atoms with Crippen LogP contribution in [0.15, 0.2) is 18.9 Å². The molecular formula is C13H15NO. The van der Waals surface area contributed by atoms with E-state index in [1.807, 2.05) is 19.2 Å². The summed E-state index contributed by atoms with van der Waals surface area (Å²) in [6.07, 6.45) is 7.47. The summed E-state index contributed by atoms with van der Waals surface area (Å²) >= 11 is 0. The van der Waals surface area contributed by atoms with E-state index in [4.69, 9.17) is 0 Å². The molecule has 2 heteroatoms. The van der Waals surface area contributed by atoms with Crippen molar-refractivity contribution in [1.29, 1.82) is 0 Å². The molecule has 0 radical (unpaired) electrons. The fourth-order valence-corrected chi connectivity index (χ4v) is 2.29. The Balaban J connectivity index is 2.44. The van der Waals surface area contributed by atoms with E-state index in [0.717, 1.165) is 31.2 Å². The highest BCUT2D eigenvalue weighted by Gasteiger charge is 2.24. The molecule has 1 aromatic heterocycles. The van der Waals surface area contributed by atoms with E-state index in [-0.39, 0.29) is 5.92 Å². The second-order valence-electron chi connectivity index (χ2n) is 4.12. The van der Waals surface area contributed by atoms with Gasteiger partial charge in [-0.05, 0) is 42.9 Å². The van der Waals surface area contributed by atoms with Crippen LogP contribution in [0.2, 0.25) is 0 Å². The van der Waals surface area contributed by atoms with Gasteiger partial charge >= 0.3 is 0 Å². The molecule has 0 amide bonds. The molecule has 2 rings (SSSR count). The van der Waals surface area contributed by atoms with Gasteiger partial charge in [0.25, 0.3) is 0 Å². The smallest absolute Gasteiger partial charge is 0.123 e. The molecule has 0 spiro atoms. The third-order valence-electron chi connectivity index (χ3n) is 3.09.